The molecule has 1 atom stereocenters. The van der Waals surface area contributed by atoms with Crippen LogP contribution < -0.4 is 4.90 Å². The molecule has 0 amide bonds. The first-order valence-corrected chi connectivity index (χ1v) is 7.86. The first-order valence-electron chi connectivity index (χ1n) is 7.86. The zero-order chi connectivity index (χ0) is 17.3. The molecule has 0 radical (unpaired) electrons. The lowest BCUT2D eigenvalue weighted by Gasteiger charge is -2.27. The number of anilines is 1. The van der Waals surface area contributed by atoms with Crippen molar-refractivity contribution in [3.63, 3.8) is 0 Å². The first-order chi connectivity index (χ1) is 11.5. The van der Waals surface area contributed by atoms with E-state index < -0.39 is 5.41 Å². The molecule has 6 heteroatoms. The SMILES string of the molecule is COC(=O)C1(c2ccccc2)CCN(c2c(C#N)c(C)nn2C)C1. The van der Waals surface area contributed by atoms with Crippen molar-refractivity contribution < 1.29 is 9.53 Å². The first kappa shape index (κ1) is 16.1. The van der Waals surface area contributed by atoms with E-state index in [9.17, 15) is 10.1 Å². The van der Waals surface area contributed by atoms with Crippen molar-refractivity contribution in [2.45, 2.75) is 18.8 Å². The van der Waals surface area contributed by atoms with E-state index >= 15 is 0 Å². The molecule has 1 aromatic heterocycles. The van der Waals surface area contributed by atoms with Gasteiger partial charge in [-0.3, -0.25) is 9.48 Å². The highest BCUT2D eigenvalue weighted by atomic mass is 16.5. The number of nitriles is 1. The molecule has 24 heavy (non-hydrogen) atoms. The number of aromatic nitrogens is 2. The van der Waals surface area contributed by atoms with Crippen LogP contribution in [0.15, 0.2) is 30.3 Å². The molecule has 1 aliphatic heterocycles. The van der Waals surface area contributed by atoms with E-state index in [1.54, 1.807) is 4.68 Å². The van der Waals surface area contributed by atoms with E-state index in [2.05, 4.69) is 16.1 Å². The van der Waals surface area contributed by atoms with Gasteiger partial charge in [0.15, 0.2) is 0 Å². The van der Waals surface area contributed by atoms with Gasteiger partial charge in [0.05, 0.1) is 12.8 Å². The summed E-state index contributed by atoms with van der Waals surface area (Å²) < 4.78 is 6.83. The van der Waals surface area contributed by atoms with Crippen LogP contribution in [0.3, 0.4) is 0 Å². The summed E-state index contributed by atoms with van der Waals surface area (Å²) in [4.78, 5) is 14.7. The van der Waals surface area contributed by atoms with Gasteiger partial charge in [0.1, 0.15) is 22.9 Å². The van der Waals surface area contributed by atoms with Crippen molar-refractivity contribution in [3.05, 3.63) is 47.2 Å². The minimum Gasteiger partial charge on any atom is -0.468 e. The summed E-state index contributed by atoms with van der Waals surface area (Å²) in [7, 11) is 3.24. The number of esters is 1. The summed E-state index contributed by atoms with van der Waals surface area (Å²) in [6.07, 6.45) is 0.638. The molecule has 3 rings (SSSR count). The molecule has 1 fully saturated rings. The van der Waals surface area contributed by atoms with Crippen LogP contribution in [0.2, 0.25) is 0 Å². The highest BCUT2D eigenvalue weighted by Gasteiger charge is 2.48. The van der Waals surface area contributed by atoms with Crippen LogP contribution in [0, 0.1) is 18.3 Å². The van der Waals surface area contributed by atoms with Gasteiger partial charge in [-0.1, -0.05) is 30.3 Å². The van der Waals surface area contributed by atoms with Gasteiger partial charge in [-0.25, -0.2) is 0 Å². The Morgan fingerprint density at radius 2 is 2.08 bits per heavy atom. The van der Waals surface area contributed by atoms with E-state index in [1.165, 1.54) is 7.11 Å². The number of benzene rings is 1. The second-order valence-electron chi connectivity index (χ2n) is 6.13. The van der Waals surface area contributed by atoms with Crippen molar-refractivity contribution in [2.24, 2.45) is 7.05 Å². The van der Waals surface area contributed by atoms with E-state index in [4.69, 9.17) is 4.74 Å². The predicted octanol–water partition coefficient (Wildman–Crippen LogP) is 1.92. The van der Waals surface area contributed by atoms with Gasteiger partial charge in [0.25, 0.3) is 0 Å². The minimum atomic E-state index is -0.721. The molecule has 2 heterocycles. The number of rotatable bonds is 3. The van der Waals surface area contributed by atoms with E-state index in [-0.39, 0.29) is 5.97 Å². The number of hydrogen-bond acceptors (Lipinski definition) is 5. The quantitative estimate of drug-likeness (QED) is 0.807. The summed E-state index contributed by atoms with van der Waals surface area (Å²) in [5.41, 5.74) is 1.48. The lowest BCUT2D eigenvalue weighted by molar-refractivity contribution is -0.146. The van der Waals surface area contributed by atoms with Gasteiger partial charge < -0.3 is 9.64 Å². The summed E-state index contributed by atoms with van der Waals surface area (Å²) in [6.45, 7) is 2.96. The second kappa shape index (κ2) is 6.00. The molecule has 6 nitrogen and oxygen atoms in total. The number of methoxy groups -OCH3 is 1. The van der Waals surface area contributed by atoms with Crippen molar-refractivity contribution in [2.75, 3.05) is 25.1 Å². The third-order valence-electron chi connectivity index (χ3n) is 4.78. The molecular weight excluding hydrogens is 304 g/mol. The van der Waals surface area contributed by atoms with Crippen LogP contribution in [-0.2, 0) is 22.0 Å². The fourth-order valence-electron chi connectivity index (χ4n) is 3.60. The highest BCUT2D eigenvalue weighted by Crippen LogP contribution is 2.39. The molecule has 0 aliphatic carbocycles. The van der Waals surface area contributed by atoms with E-state index in [0.29, 0.717) is 30.8 Å². The van der Waals surface area contributed by atoms with Crippen molar-refractivity contribution in [1.82, 2.24) is 9.78 Å². The molecule has 0 bridgehead atoms. The van der Waals surface area contributed by atoms with Crippen molar-refractivity contribution in [1.29, 1.82) is 5.26 Å². The van der Waals surface area contributed by atoms with Crippen LogP contribution in [0.1, 0.15) is 23.2 Å². The van der Waals surface area contributed by atoms with Crippen LogP contribution in [0.5, 0.6) is 0 Å². The molecular formula is C18H20N4O2. The van der Waals surface area contributed by atoms with Gasteiger partial charge in [0, 0.05) is 20.1 Å². The van der Waals surface area contributed by atoms with Gasteiger partial charge >= 0.3 is 5.97 Å². The average Bonchev–Trinajstić information content (AvgIpc) is 3.16. The maximum Gasteiger partial charge on any atom is 0.318 e. The number of carbonyl (C=O) groups is 1. The Morgan fingerprint density at radius 3 is 2.71 bits per heavy atom. The van der Waals surface area contributed by atoms with Crippen molar-refractivity contribution in [3.8, 4) is 6.07 Å². The smallest absolute Gasteiger partial charge is 0.318 e. The Kier molecular flexibility index (Phi) is 4.02. The Labute approximate surface area is 141 Å². The van der Waals surface area contributed by atoms with E-state index in [0.717, 1.165) is 11.4 Å². The maximum atomic E-state index is 12.6. The van der Waals surface area contributed by atoms with Crippen LogP contribution in [0.4, 0.5) is 5.82 Å². The third-order valence-corrected chi connectivity index (χ3v) is 4.78. The standard InChI is InChI=1S/C18H20N4O2/c1-13-15(11-19)16(21(2)20-13)22-10-9-18(12-22,17(23)24-3)14-7-5-4-6-8-14/h4-8H,9-10,12H2,1-3H3. The minimum absolute atomic E-state index is 0.242. The molecule has 1 aliphatic rings. The van der Waals surface area contributed by atoms with Gasteiger partial charge in [-0.05, 0) is 18.9 Å². The second-order valence-corrected chi connectivity index (χ2v) is 6.13. The molecule has 124 valence electrons. The van der Waals surface area contributed by atoms with Crippen molar-refractivity contribution >= 4 is 11.8 Å². The molecule has 2 aromatic rings. The fraction of sp³-hybridized carbons (Fsp3) is 0.389. The Morgan fingerprint density at radius 1 is 1.38 bits per heavy atom. The topological polar surface area (TPSA) is 71.2 Å². The van der Waals surface area contributed by atoms with Gasteiger partial charge in [-0.2, -0.15) is 10.4 Å². The molecule has 0 spiro atoms. The summed E-state index contributed by atoms with van der Waals surface area (Å²) >= 11 is 0. The number of nitrogens with zero attached hydrogens (tertiary/aromatic N) is 4. The van der Waals surface area contributed by atoms with E-state index in [1.807, 2.05) is 44.3 Å². The number of aryl methyl sites for hydroxylation is 2. The molecule has 1 saturated heterocycles. The Bertz CT molecular complexity index is 806. The third kappa shape index (κ3) is 2.33. The van der Waals surface area contributed by atoms with Crippen LogP contribution in [-0.4, -0.2) is 35.9 Å². The average molecular weight is 324 g/mol. The monoisotopic (exact) mass is 324 g/mol. The van der Waals surface area contributed by atoms with Gasteiger partial charge in [-0.15, -0.1) is 0 Å². The van der Waals surface area contributed by atoms with Gasteiger partial charge in [0.2, 0.25) is 0 Å². The lowest BCUT2D eigenvalue weighted by atomic mass is 9.79. The molecule has 0 saturated carbocycles. The molecule has 1 aromatic carbocycles. The Balaban J connectivity index is 2.03. The Hall–Kier alpha value is -2.81. The zero-order valence-corrected chi connectivity index (χ0v) is 14.1. The number of carbonyl (C=O) groups excluding carboxylic acids is 1. The molecule has 1 unspecified atom stereocenters. The summed E-state index contributed by atoms with van der Waals surface area (Å²) in [5, 5.41) is 13.8. The predicted molar refractivity (Wildman–Crippen MR) is 89.6 cm³/mol. The van der Waals surface area contributed by atoms with Crippen LogP contribution in [0.25, 0.3) is 0 Å². The lowest BCUT2D eigenvalue weighted by Crippen LogP contribution is -2.40. The fourth-order valence-corrected chi connectivity index (χ4v) is 3.60. The zero-order valence-electron chi connectivity index (χ0n) is 14.1. The maximum absolute atomic E-state index is 12.6. The molecule has 0 N–H and O–H groups in total. The largest absolute Gasteiger partial charge is 0.468 e. The summed E-state index contributed by atoms with van der Waals surface area (Å²) in [5.74, 6) is 0.519. The number of hydrogen-bond donors (Lipinski definition) is 0. The number of ether oxygens (including phenoxy) is 1. The highest BCUT2D eigenvalue weighted by molar-refractivity contribution is 5.85. The van der Waals surface area contributed by atoms with Crippen LogP contribution >= 0.6 is 0 Å². The normalized spacial score (nSPS) is 20.0. The summed E-state index contributed by atoms with van der Waals surface area (Å²) in [6, 6.07) is 11.9.